The molecule has 2 amide bonds. The normalized spacial score (nSPS) is 15.2. The lowest BCUT2D eigenvalue weighted by atomic mass is 10.1. The molecular formula is C21H23N3O3S2. The van der Waals surface area contributed by atoms with Gasteiger partial charge in [-0.25, -0.2) is 0 Å². The lowest BCUT2D eigenvalue weighted by molar-refractivity contribution is -0.115. The Balaban J connectivity index is 1.61. The number of hydrogen-bond donors (Lipinski definition) is 2. The Morgan fingerprint density at radius 1 is 1.21 bits per heavy atom. The Bertz CT molecular complexity index is 931. The average molecular weight is 430 g/mol. The Morgan fingerprint density at radius 2 is 1.93 bits per heavy atom. The highest BCUT2D eigenvalue weighted by Crippen LogP contribution is 2.28. The molecule has 3 rings (SSSR count). The van der Waals surface area contributed by atoms with Gasteiger partial charge in [-0.3, -0.25) is 9.59 Å². The Morgan fingerprint density at radius 3 is 2.55 bits per heavy atom. The molecule has 0 saturated carbocycles. The molecule has 6 nitrogen and oxygen atoms in total. The van der Waals surface area contributed by atoms with Gasteiger partial charge in [0.25, 0.3) is 11.8 Å². The molecule has 0 spiro atoms. The van der Waals surface area contributed by atoms with Gasteiger partial charge in [-0.2, -0.15) is 0 Å². The summed E-state index contributed by atoms with van der Waals surface area (Å²) in [6.07, 6.45) is 1.67. The van der Waals surface area contributed by atoms with Crippen molar-refractivity contribution in [2.75, 3.05) is 26.2 Å². The SMILES string of the molecule is CCN(CC)CCNC(=O)c1ccc(-c2ccc(/C=C3/SC(=S)NC3=O)o2)cc1. The number of nitrogens with zero attached hydrogens (tertiary/aromatic N) is 1. The van der Waals surface area contributed by atoms with Crippen molar-refractivity contribution < 1.29 is 14.0 Å². The van der Waals surface area contributed by atoms with E-state index in [4.69, 9.17) is 16.6 Å². The summed E-state index contributed by atoms with van der Waals surface area (Å²) in [7, 11) is 0. The van der Waals surface area contributed by atoms with Crippen molar-refractivity contribution in [3.05, 3.63) is 52.6 Å². The van der Waals surface area contributed by atoms with Gasteiger partial charge in [0.15, 0.2) is 0 Å². The van der Waals surface area contributed by atoms with E-state index < -0.39 is 0 Å². The van der Waals surface area contributed by atoms with E-state index in [1.54, 1.807) is 24.3 Å². The molecule has 1 saturated heterocycles. The zero-order valence-electron chi connectivity index (χ0n) is 16.4. The Kier molecular flexibility index (Phi) is 7.24. The lowest BCUT2D eigenvalue weighted by Crippen LogP contribution is -2.34. The minimum Gasteiger partial charge on any atom is -0.457 e. The van der Waals surface area contributed by atoms with Crippen LogP contribution in [-0.4, -0.2) is 47.2 Å². The van der Waals surface area contributed by atoms with E-state index in [9.17, 15) is 9.59 Å². The summed E-state index contributed by atoms with van der Waals surface area (Å²) in [6.45, 7) is 7.61. The number of rotatable bonds is 8. The van der Waals surface area contributed by atoms with E-state index >= 15 is 0 Å². The van der Waals surface area contributed by atoms with Crippen LogP contribution in [0.1, 0.15) is 30.0 Å². The van der Waals surface area contributed by atoms with E-state index in [0.29, 0.717) is 32.9 Å². The molecule has 2 heterocycles. The summed E-state index contributed by atoms with van der Waals surface area (Å²) < 4.78 is 6.26. The molecule has 0 radical (unpaired) electrons. The van der Waals surface area contributed by atoms with Crippen LogP contribution < -0.4 is 10.6 Å². The van der Waals surface area contributed by atoms with Gasteiger partial charge in [-0.15, -0.1) is 0 Å². The molecule has 29 heavy (non-hydrogen) atoms. The molecule has 1 aromatic heterocycles. The minimum absolute atomic E-state index is 0.0891. The maximum atomic E-state index is 12.3. The van der Waals surface area contributed by atoms with Crippen molar-refractivity contribution in [3.8, 4) is 11.3 Å². The number of nitrogens with one attached hydrogen (secondary N) is 2. The summed E-state index contributed by atoms with van der Waals surface area (Å²) >= 11 is 6.19. The third-order valence-corrected chi connectivity index (χ3v) is 5.74. The summed E-state index contributed by atoms with van der Waals surface area (Å²) in [5.41, 5.74) is 1.46. The minimum atomic E-state index is -0.214. The predicted molar refractivity (Wildman–Crippen MR) is 121 cm³/mol. The van der Waals surface area contributed by atoms with Crippen LogP contribution in [0.15, 0.2) is 45.7 Å². The van der Waals surface area contributed by atoms with E-state index in [1.807, 2.05) is 18.2 Å². The van der Waals surface area contributed by atoms with E-state index in [1.165, 1.54) is 11.8 Å². The Labute approximate surface area is 179 Å². The second kappa shape index (κ2) is 9.87. The number of thioether (sulfide) groups is 1. The summed E-state index contributed by atoms with van der Waals surface area (Å²) in [6, 6.07) is 10.9. The summed E-state index contributed by atoms with van der Waals surface area (Å²) in [5.74, 6) is 0.931. The van der Waals surface area contributed by atoms with Crippen molar-refractivity contribution in [1.29, 1.82) is 0 Å². The van der Waals surface area contributed by atoms with E-state index in [-0.39, 0.29) is 11.8 Å². The smallest absolute Gasteiger partial charge is 0.263 e. The maximum Gasteiger partial charge on any atom is 0.263 e. The lowest BCUT2D eigenvalue weighted by Gasteiger charge is -2.17. The number of likely N-dealkylation sites (N-methyl/N-ethyl adjacent to an activating group) is 1. The molecule has 1 aliphatic heterocycles. The molecule has 1 fully saturated rings. The first-order valence-corrected chi connectivity index (χ1v) is 10.7. The predicted octanol–water partition coefficient (Wildman–Crippen LogP) is 3.51. The van der Waals surface area contributed by atoms with Crippen LogP contribution in [0.2, 0.25) is 0 Å². The van der Waals surface area contributed by atoms with Crippen LogP contribution >= 0.6 is 24.0 Å². The highest BCUT2D eigenvalue weighted by Gasteiger charge is 2.22. The van der Waals surface area contributed by atoms with Gasteiger partial charge < -0.3 is 20.0 Å². The first kappa shape index (κ1) is 21.3. The molecule has 152 valence electrons. The zero-order chi connectivity index (χ0) is 20.8. The Hall–Kier alpha value is -2.42. The highest BCUT2D eigenvalue weighted by molar-refractivity contribution is 8.26. The van der Waals surface area contributed by atoms with Crippen LogP contribution in [0.5, 0.6) is 0 Å². The van der Waals surface area contributed by atoms with Gasteiger partial charge in [0.2, 0.25) is 0 Å². The number of carbonyl (C=O) groups excluding carboxylic acids is 2. The van der Waals surface area contributed by atoms with Crippen molar-refractivity contribution in [2.24, 2.45) is 0 Å². The number of thiocarbonyl (C=S) groups is 1. The maximum absolute atomic E-state index is 12.3. The van der Waals surface area contributed by atoms with Gasteiger partial charge >= 0.3 is 0 Å². The summed E-state index contributed by atoms with van der Waals surface area (Å²) in [5, 5.41) is 5.52. The first-order chi connectivity index (χ1) is 14.0. The van der Waals surface area contributed by atoms with Crippen LogP contribution in [0, 0.1) is 0 Å². The number of benzene rings is 1. The van der Waals surface area contributed by atoms with Crippen LogP contribution in [0.4, 0.5) is 0 Å². The quantitative estimate of drug-likeness (QED) is 0.494. The molecule has 0 bridgehead atoms. The molecule has 2 aromatic rings. The van der Waals surface area contributed by atoms with Gasteiger partial charge in [-0.05, 0) is 37.4 Å². The van der Waals surface area contributed by atoms with E-state index in [2.05, 4.69) is 29.4 Å². The number of furan rings is 1. The molecule has 8 heteroatoms. The molecule has 1 aromatic carbocycles. The molecule has 1 aliphatic rings. The molecule has 0 unspecified atom stereocenters. The van der Waals surface area contributed by atoms with Crippen molar-refractivity contribution in [2.45, 2.75) is 13.8 Å². The third-order valence-electron chi connectivity index (χ3n) is 4.58. The van der Waals surface area contributed by atoms with Crippen molar-refractivity contribution in [3.63, 3.8) is 0 Å². The molecular weight excluding hydrogens is 406 g/mol. The fourth-order valence-corrected chi connectivity index (χ4v) is 3.92. The van der Waals surface area contributed by atoms with Crippen LogP contribution in [0.3, 0.4) is 0 Å². The second-order valence-corrected chi connectivity index (χ2v) is 8.13. The molecule has 2 N–H and O–H groups in total. The monoisotopic (exact) mass is 429 g/mol. The largest absolute Gasteiger partial charge is 0.457 e. The molecule has 0 aliphatic carbocycles. The van der Waals surface area contributed by atoms with Gasteiger partial charge in [0.05, 0.1) is 4.91 Å². The van der Waals surface area contributed by atoms with Crippen molar-refractivity contribution >= 4 is 46.2 Å². The topological polar surface area (TPSA) is 74.6 Å². The average Bonchev–Trinajstić information content (AvgIpc) is 3.31. The van der Waals surface area contributed by atoms with E-state index in [0.717, 1.165) is 25.2 Å². The standard InChI is InChI=1S/C21H23N3O3S2/c1-3-24(4-2)12-11-22-19(25)15-7-5-14(6-8-15)17-10-9-16(27-17)13-18-20(26)23-21(28)29-18/h5-10,13H,3-4,11-12H2,1-2H3,(H,22,25)(H,23,26,28)/b18-13+. The zero-order valence-corrected chi connectivity index (χ0v) is 18.0. The fraction of sp³-hybridized carbons (Fsp3) is 0.286. The van der Waals surface area contributed by atoms with Gasteiger partial charge in [0, 0.05) is 30.3 Å². The number of amides is 2. The van der Waals surface area contributed by atoms with Crippen LogP contribution in [-0.2, 0) is 4.79 Å². The van der Waals surface area contributed by atoms with Gasteiger partial charge in [0.1, 0.15) is 15.8 Å². The second-order valence-electron chi connectivity index (χ2n) is 6.41. The van der Waals surface area contributed by atoms with Crippen molar-refractivity contribution in [1.82, 2.24) is 15.5 Å². The third kappa shape index (κ3) is 5.56. The highest BCUT2D eigenvalue weighted by atomic mass is 32.2. The fourth-order valence-electron chi connectivity index (χ4n) is 2.89. The molecule has 0 atom stereocenters. The summed E-state index contributed by atoms with van der Waals surface area (Å²) in [4.78, 5) is 26.8. The van der Waals surface area contributed by atoms with Gasteiger partial charge in [-0.1, -0.05) is 50.0 Å². The number of carbonyl (C=O) groups is 2. The van der Waals surface area contributed by atoms with Crippen LogP contribution in [0.25, 0.3) is 17.4 Å². The number of hydrogen-bond acceptors (Lipinski definition) is 6. The first-order valence-electron chi connectivity index (χ1n) is 9.45.